The van der Waals surface area contributed by atoms with Gasteiger partial charge in [0, 0.05) is 11.6 Å². The Balaban J connectivity index is 1.78. The zero-order valence-electron chi connectivity index (χ0n) is 18.8. The molecule has 0 bridgehead atoms. The molecule has 0 N–H and O–H groups in total. The predicted octanol–water partition coefficient (Wildman–Crippen LogP) is 4.83. The van der Waals surface area contributed by atoms with Crippen molar-refractivity contribution in [2.75, 3.05) is 19.7 Å². The minimum Gasteiger partial charge on any atom is -0.444 e. The van der Waals surface area contributed by atoms with Crippen molar-refractivity contribution in [3.63, 3.8) is 0 Å². The highest BCUT2D eigenvalue weighted by Crippen LogP contribution is 2.40. The maximum atomic E-state index is 13.3. The van der Waals surface area contributed by atoms with E-state index in [1.54, 1.807) is 32.6 Å². The van der Waals surface area contributed by atoms with Crippen molar-refractivity contribution in [1.29, 1.82) is 0 Å². The molecule has 0 radical (unpaired) electrons. The summed E-state index contributed by atoms with van der Waals surface area (Å²) in [5.41, 5.74) is -0.487. The van der Waals surface area contributed by atoms with Crippen LogP contribution in [0.1, 0.15) is 57.4 Å². The molecule has 0 aromatic heterocycles. The number of carbonyl (C=O) groups excluding carboxylic acids is 2. The van der Waals surface area contributed by atoms with Crippen LogP contribution in [0.2, 0.25) is 5.02 Å². The number of benzene rings is 1. The fraction of sp³-hybridized carbons (Fsp3) is 0.636. The summed E-state index contributed by atoms with van der Waals surface area (Å²) in [5, 5.41) is -0.0200. The monoisotopic (exact) mass is 476 g/mol. The van der Waals surface area contributed by atoms with Gasteiger partial charge in [-0.1, -0.05) is 11.6 Å². The van der Waals surface area contributed by atoms with Crippen LogP contribution in [0.25, 0.3) is 0 Å². The summed E-state index contributed by atoms with van der Waals surface area (Å²) in [5.74, 6) is -0.334. The van der Waals surface area contributed by atoms with Crippen LogP contribution in [0.5, 0.6) is 0 Å². The zero-order valence-corrected chi connectivity index (χ0v) is 19.5. The Morgan fingerprint density at radius 2 is 1.81 bits per heavy atom. The minimum absolute atomic E-state index is 0.0200. The molecule has 0 aliphatic carbocycles. The molecule has 3 rings (SSSR count). The zero-order chi connectivity index (χ0) is 24.0. The van der Waals surface area contributed by atoms with Gasteiger partial charge in [-0.3, -0.25) is 4.79 Å². The van der Waals surface area contributed by atoms with E-state index in [4.69, 9.17) is 21.1 Å². The number of fused-ring (bicyclic) bond motifs is 1. The van der Waals surface area contributed by atoms with Gasteiger partial charge in [0.05, 0.1) is 30.8 Å². The summed E-state index contributed by atoms with van der Waals surface area (Å²) in [6.07, 6.45) is -5.66. The van der Waals surface area contributed by atoms with E-state index in [1.807, 2.05) is 6.92 Å². The lowest BCUT2D eigenvalue weighted by atomic mass is 9.91. The summed E-state index contributed by atoms with van der Waals surface area (Å²) in [6, 6.07) is 1.21. The van der Waals surface area contributed by atoms with Crippen molar-refractivity contribution in [3.8, 4) is 0 Å². The van der Waals surface area contributed by atoms with Gasteiger partial charge in [-0.15, -0.1) is 0 Å². The van der Waals surface area contributed by atoms with Crippen LogP contribution in [0.3, 0.4) is 0 Å². The number of halogens is 4. The van der Waals surface area contributed by atoms with Gasteiger partial charge in [-0.25, -0.2) is 4.79 Å². The molecule has 2 aliphatic heterocycles. The third kappa shape index (κ3) is 5.14. The molecule has 3 atom stereocenters. The average molecular weight is 477 g/mol. The molecule has 0 unspecified atom stereocenters. The first-order valence-electron chi connectivity index (χ1n) is 10.5. The van der Waals surface area contributed by atoms with Crippen molar-refractivity contribution < 1.29 is 32.2 Å². The van der Waals surface area contributed by atoms with E-state index in [-0.39, 0.29) is 43.1 Å². The summed E-state index contributed by atoms with van der Waals surface area (Å²) in [7, 11) is 0. The Labute approximate surface area is 190 Å². The van der Waals surface area contributed by atoms with E-state index in [2.05, 4.69) is 0 Å². The maximum absolute atomic E-state index is 13.3. The van der Waals surface area contributed by atoms with Gasteiger partial charge in [0.15, 0.2) is 6.10 Å². The van der Waals surface area contributed by atoms with Crippen molar-refractivity contribution in [2.24, 2.45) is 0 Å². The molecule has 2 aliphatic rings. The van der Waals surface area contributed by atoms with E-state index in [0.717, 1.165) is 12.1 Å². The van der Waals surface area contributed by atoms with Gasteiger partial charge in [0.1, 0.15) is 5.60 Å². The molecule has 1 aromatic rings. The Morgan fingerprint density at radius 3 is 2.41 bits per heavy atom. The fourth-order valence-electron chi connectivity index (χ4n) is 4.07. The Kier molecular flexibility index (Phi) is 6.73. The number of alkyl halides is 3. The molecule has 1 fully saturated rings. The lowest BCUT2D eigenvalue weighted by Crippen LogP contribution is -2.57. The molecule has 6 nitrogen and oxygen atoms in total. The number of hydrogen-bond donors (Lipinski definition) is 0. The van der Waals surface area contributed by atoms with Crippen LogP contribution in [-0.4, -0.2) is 59.2 Å². The van der Waals surface area contributed by atoms with Gasteiger partial charge in [0.25, 0.3) is 5.91 Å². The number of hydrogen-bond acceptors (Lipinski definition) is 4. The highest BCUT2D eigenvalue weighted by Gasteiger charge is 2.41. The van der Waals surface area contributed by atoms with Gasteiger partial charge >= 0.3 is 12.3 Å². The number of carbonyl (C=O) groups is 2. The summed E-state index contributed by atoms with van der Waals surface area (Å²) in [4.78, 5) is 28.9. The molecule has 10 heteroatoms. The summed E-state index contributed by atoms with van der Waals surface area (Å²) < 4.78 is 50.6. The molecule has 0 saturated carbocycles. The third-order valence-electron chi connectivity index (χ3n) is 5.67. The Bertz CT molecular complexity index is 900. The van der Waals surface area contributed by atoms with Crippen LogP contribution in [0, 0.1) is 0 Å². The number of ether oxygens (including phenoxy) is 2. The highest BCUT2D eigenvalue weighted by atomic mass is 35.5. The number of nitrogens with zero attached hydrogens (tertiary/aromatic N) is 2. The van der Waals surface area contributed by atoms with Gasteiger partial charge in [-0.2, -0.15) is 13.2 Å². The first-order chi connectivity index (χ1) is 14.7. The number of morpholine rings is 1. The normalized spacial score (nSPS) is 24.2. The van der Waals surface area contributed by atoms with E-state index in [9.17, 15) is 22.8 Å². The first-order valence-corrected chi connectivity index (χ1v) is 10.9. The standard InChI is InChI=1S/C22H28ClF3N2O4/c1-12-11-31-17(10-28(12)20(30)32-21(3,4)5)19(29)27-7-6-14-8-15(22(24,25)26)9-16(23)18(14)13(27)2/h8-9,12-13,17H,6-7,10-11H2,1-5H3/t12-,13-,17+/m0/s1. The third-order valence-corrected chi connectivity index (χ3v) is 5.98. The van der Waals surface area contributed by atoms with Crippen LogP contribution >= 0.6 is 11.6 Å². The molecule has 1 saturated heterocycles. The van der Waals surface area contributed by atoms with E-state index in [0.29, 0.717) is 11.1 Å². The Hall–Kier alpha value is -2.00. The van der Waals surface area contributed by atoms with Crippen LogP contribution < -0.4 is 0 Å². The largest absolute Gasteiger partial charge is 0.444 e. The maximum Gasteiger partial charge on any atom is 0.416 e. The van der Waals surface area contributed by atoms with Crippen LogP contribution in [-0.2, 0) is 26.9 Å². The van der Waals surface area contributed by atoms with Gasteiger partial charge in [-0.05, 0) is 64.3 Å². The average Bonchev–Trinajstić information content (AvgIpc) is 2.65. The quantitative estimate of drug-likeness (QED) is 0.582. The molecule has 178 valence electrons. The first kappa shape index (κ1) is 24.6. The second-order valence-electron chi connectivity index (χ2n) is 9.29. The molecule has 1 aromatic carbocycles. The van der Waals surface area contributed by atoms with E-state index < -0.39 is 35.6 Å². The molecule has 0 spiro atoms. The SMILES string of the molecule is C[C@H]1CO[C@@H](C(=O)N2CCc3cc(C(F)(F)F)cc(Cl)c3[C@@H]2C)CN1C(=O)OC(C)(C)C. The van der Waals surface area contributed by atoms with E-state index >= 15 is 0 Å². The minimum atomic E-state index is -4.49. The van der Waals surface area contributed by atoms with Crippen LogP contribution in [0.15, 0.2) is 12.1 Å². The Morgan fingerprint density at radius 1 is 1.16 bits per heavy atom. The second-order valence-corrected chi connectivity index (χ2v) is 9.70. The molecule has 2 amide bonds. The van der Waals surface area contributed by atoms with Crippen molar-refractivity contribution in [3.05, 3.63) is 33.8 Å². The van der Waals surface area contributed by atoms with E-state index in [1.165, 1.54) is 4.90 Å². The van der Waals surface area contributed by atoms with Crippen molar-refractivity contribution in [2.45, 2.75) is 71.0 Å². The van der Waals surface area contributed by atoms with Gasteiger partial charge < -0.3 is 19.3 Å². The lowest BCUT2D eigenvalue weighted by Gasteiger charge is -2.42. The lowest BCUT2D eigenvalue weighted by molar-refractivity contribution is -0.154. The number of rotatable bonds is 1. The van der Waals surface area contributed by atoms with Crippen molar-refractivity contribution in [1.82, 2.24) is 9.80 Å². The van der Waals surface area contributed by atoms with Crippen LogP contribution in [0.4, 0.5) is 18.0 Å². The smallest absolute Gasteiger partial charge is 0.416 e. The highest BCUT2D eigenvalue weighted by molar-refractivity contribution is 6.31. The summed E-state index contributed by atoms with van der Waals surface area (Å²) in [6.45, 7) is 9.26. The van der Waals surface area contributed by atoms with Crippen molar-refractivity contribution >= 4 is 23.6 Å². The second kappa shape index (κ2) is 8.74. The summed E-state index contributed by atoms with van der Waals surface area (Å²) >= 11 is 6.21. The fourth-order valence-corrected chi connectivity index (χ4v) is 4.47. The topological polar surface area (TPSA) is 59.1 Å². The molecule has 32 heavy (non-hydrogen) atoms. The molecule has 2 heterocycles. The molecular weight excluding hydrogens is 449 g/mol. The molecular formula is C22H28ClF3N2O4. The number of amides is 2. The predicted molar refractivity (Wildman–Crippen MR) is 112 cm³/mol. The van der Waals surface area contributed by atoms with Gasteiger partial charge in [0.2, 0.25) is 0 Å².